The molecule has 0 spiro atoms. The summed E-state index contributed by atoms with van der Waals surface area (Å²) in [5.74, 6) is 0. The predicted molar refractivity (Wildman–Crippen MR) is 124 cm³/mol. The molecule has 2 saturated heterocycles. The first kappa shape index (κ1) is 27.5. The molecule has 0 bridgehead atoms. The van der Waals surface area contributed by atoms with Crippen molar-refractivity contribution in [3.05, 3.63) is 0 Å². The Labute approximate surface area is 189 Å². The van der Waals surface area contributed by atoms with Gasteiger partial charge in [0.25, 0.3) is 0 Å². The van der Waals surface area contributed by atoms with E-state index in [0.717, 1.165) is 19.4 Å². The average Bonchev–Trinajstić information content (AvgIpc) is 3.08. The number of carbonyl (C=O) groups excluding carboxylic acids is 2. The van der Waals surface area contributed by atoms with E-state index in [9.17, 15) is 9.59 Å². The van der Waals surface area contributed by atoms with Gasteiger partial charge in [0.15, 0.2) is 0 Å². The van der Waals surface area contributed by atoms with E-state index in [0.29, 0.717) is 18.6 Å². The largest absolute Gasteiger partial charge is 0.444 e. The second-order valence-electron chi connectivity index (χ2n) is 11.0. The molecule has 8 heteroatoms. The summed E-state index contributed by atoms with van der Waals surface area (Å²) in [5, 5.41) is 3.49. The van der Waals surface area contributed by atoms with E-state index in [4.69, 9.17) is 15.2 Å². The lowest BCUT2D eigenvalue weighted by Crippen LogP contribution is -2.46. The Kier molecular flexibility index (Phi) is 9.63. The van der Waals surface area contributed by atoms with Gasteiger partial charge in [0.05, 0.1) is 0 Å². The fourth-order valence-electron chi connectivity index (χ4n) is 3.71. The minimum Gasteiger partial charge on any atom is -0.444 e. The lowest BCUT2D eigenvalue weighted by molar-refractivity contribution is 0.0220. The summed E-state index contributed by atoms with van der Waals surface area (Å²) in [6.45, 7) is 21.1. The second kappa shape index (κ2) is 10.9. The highest BCUT2D eigenvalue weighted by atomic mass is 16.6. The molecule has 0 radical (unpaired) electrons. The van der Waals surface area contributed by atoms with Crippen molar-refractivity contribution in [2.24, 2.45) is 5.73 Å². The van der Waals surface area contributed by atoms with Gasteiger partial charge in [-0.2, -0.15) is 0 Å². The minimum atomic E-state index is -0.427. The molecule has 0 aliphatic carbocycles. The molecule has 2 aliphatic heterocycles. The Morgan fingerprint density at radius 1 is 0.871 bits per heavy atom. The zero-order valence-corrected chi connectivity index (χ0v) is 21.3. The van der Waals surface area contributed by atoms with Gasteiger partial charge >= 0.3 is 12.2 Å². The van der Waals surface area contributed by atoms with Crippen molar-refractivity contribution in [2.75, 3.05) is 13.1 Å². The zero-order chi connectivity index (χ0) is 24.1. The summed E-state index contributed by atoms with van der Waals surface area (Å²) in [6.07, 6.45) is 1.41. The van der Waals surface area contributed by atoms with Crippen LogP contribution in [0.25, 0.3) is 0 Å². The van der Waals surface area contributed by atoms with Crippen LogP contribution in [0.2, 0.25) is 0 Å². The van der Waals surface area contributed by atoms with Crippen molar-refractivity contribution in [1.29, 1.82) is 0 Å². The van der Waals surface area contributed by atoms with Crippen LogP contribution >= 0.6 is 0 Å². The summed E-state index contributed by atoms with van der Waals surface area (Å²) in [4.78, 5) is 27.2. The molecule has 2 aliphatic rings. The minimum absolute atomic E-state index is 0.0857. The lowest BCUT2D eigenvalue weighted by atomic mass is 10.1. The first-order valence-electron chi connectivity index (χ1n) is 11.5. The van der Waals surface area contributed by atoms with Crippen molar-refractivity contribution >= 4 is 12.2 Å². The van der Waals surface area contributed by atoms with Crippen LogP contribution in [0.5, 0.6) is 0 Å². The van der Waals surface area contributed by atoms with E-state index in [-0.39, 0.29) is 30.3 Å². The van der Waals surface area contributed by atoms with Crippen molar-refractivity contribution in [1.82, 2.24) is 15.1 Å². The Morgan fingerprint density at radius 2 is 1.29 bits per heavy atom. The van der Waals surface area contributed by atoms with Crippen LogP contribution in [0.4, 0.5) is 9.59 Å². The van der Waals surface area contributed by atoms with Gasteiger partial charge in [0, 0.05) is 43.3 Å². The van der Waals surface area contributed by atoms with Gasteiger partial charge < -0.3 is 30.3 Å². The second-order valence-corrected chi connectivity index (χ2v) is 11.0. The van der Waals surface area contributed by atoms with Crippen LogP contribution < -0.4 is 11.1 Å². The van der Waals surface area contributed by atoms with E-state index in [1.165, 1.54) is 0 Å². The van der Waals surface area contributed by atoms with Crippen LogP contribution in [0.15, 0.2) is 0 Å². The van der Waals surface area contributed by atoms with E-state index in [1.807, 2.05) is 53.4 Å². The molecule has 2 amide bonds. The molecule has 4 atom stereocenters. The number of hydrogen-bond acceptors (Lipinski definition) is 6. The van der Waals surface area contributed by atoms with Crippen LogP contribution in [-0.2, 0) is 9.47 Å². The molecule has 0 saturated carbocycles. The maximum atomic E-state index is 12.0. The fraction of sp³-hybridized carbons (Fsp3) is 0.913. The Hall–Kier alpha value is -1.54. The molecule has 0 unspecified atom stereocenters. The van der Waals surface area contributed by atoms with Gasteiger partial charge in [-0.25, -0.2) is 9.59 Å². The first-order valence-corrected chi connectivity index (χ1v) is 11.5. The fourth-order valence-corrected chi connectivity index (χ4v) is 3.71. The highest BCUT2D eigenvalue weighted by Gasteiger charge is 2.36. The number of rotatable bonds is 2. The van der Waals surface area contributed by atoms with Crippen molar-refractivity contribution in [3.63, 3.8) is 0 Å². The molecule has 2 fully saturated rings. The van der Waals surface area contributed by atoms with E-state index in [2.05, 4.69) is 26.1 Å². The highest BCUT2D eigenvalue weighted by Crippen LogP contribution is 2.21. The number of ether oxygens (including phenoxy) is 2. The molecule has 0 aromatic rings. The van der Waals surface area contributed by atoms with E-state index >= 15 is 0 Å². The van der Waals surface area contributed by atoms with Crippen molar-refractivity contribution in [2.45, 2.75) is 123 Å². The van der Waals surface area contributed by atoms with Crippen LogP contribution in [0, 0.1) is 0 Å². The maximum absolute atomic E-state index is 12.0. The summed E-state index contributed by atoms with van der Waals surface area (Å²) >= 11 is 0. The summed E-state index contributed by atoms with van der Waals surface area (Å²) in [6, 6.07) is 1.20. The molecule has 8 nitrogen and oxygen atoms in total. The van der Waals surface area contributed by atoms with Crippen LogP contribution in [-0.4, -0.2) is 76.5 Å². The third kappa shape index (κ3) is 9.23. The highest BCUT2D eigenvalue weighted by molar-refractivity contribution is 5.69. The number of nitrogens with zero attached hydrogens (tertiary/aromatic N) is 2. The molecule has 2 heterocycles. The van der Waals surface area contributed by atoms with E-state index < -0.39 is 11.2 Å². The number of carbonyl (C=O) groups is 2. The monoisotopic (exact) mass is 442 g/mol. The molecule has 3 N–H and O–H groups in total. The van der Waals surface area contributed by atoms with Gasteiger partial charge in [-0.1, -0.05) is 13.8 Å². The molecular formula is C23H46N4O4. The number of nitrogens with one attached hydrogen (secondary N) is 1. The molecule has 31 heavy (non-hydrogen) atoms. The number of likely N-dealkylation sites (tertiary alicyclic amines) is 2. The Morgan fingerprint density at radius 3 is 1.65 bits per heavy atom. The normalized spacial score (nSPS) is 26.6. The van der Waals surface area contributed by atoms with Crippen molar-refractivity contribution < 1.29 is 19.1 Å². The quantitative estimate of drug-likeness (QED) is 0.676. The Balaban J connectivity index is 0.000000316. The standard InChI is InChI=1S/C13H26N2O2.C10H20N2O2/c1-9(2)14-11-7-8-15(10(11)3)12(16)17-13(4,5)6;1-7-8(11)5-6-12(7)9(13)14-10(2,3)4/h9-11,14H,7-8H2,1-6H3;7-8H,5-6,11H2,1-4H3/t10-,11-;7-,8-/m00/s1. The van der Waals surface area contributed by atoms with Gasteiger partial charge in [-0.3, -0.25) is 0 Å². The topological polar surface area (TPSA) is 97.1 Å². The maximum Gasteiger partial charge on any atom is 0.410 e. The Bertz CT molecular complexity index is 597. The van der Waals surface area contributed by atoms with Gasteiger partial charge in [-0.15, -0.1) is 0 Å². The molecule has 2 rings (SSSR count). The summed E-state index contributed by atoms with van der Waals surface area (Å²) in [7, 11) is 0. The van der Waals surface area contributed by atoms with Gasteiger partial charge in [0.1, 0.15) is 11.2 Å². The third-order valence-corrected chi connectivity index (χ3v) is 5.37. The number of nitrogens with two attached hydrogens (primary N) is 1. The molecule has 0 aromatic carbocycles. The summed E-state index contributed by atoms with van der Waals surface area (Å²) < 4.78 is 10.7. The van der Waals surface area contributed by atoms with Crippen molar-refractivity contribution in [3.8, 4) is 0 Å². The molecule has 0 aromatic heterocycles. The molecule has 182 valence electrons. The van der Waals surface area contributed by atoms with Gasteiger partial charge in [0.2, 0.25) is 0 Å². The lowest BCUT2D eigenvalue weighted by Gasteiger charge is -2.29. The average molecular weight is 443 g/mol. The summed E-state index contributed by atoms with van der Waals surface area (Å²) in [5.41, 5.74) is 4.98. The van der Waals surface area contributed by atoms with E-state index in [1.54, 1.807) is 4.90 Å². The smallest absolute Gasteiger partial charge is 0.410 e. The predicted octanol–water partition coefficient (Wildman–Crippen LogP) is 3.73. The number of amides is 2. The first-order chi connectivity index (χ1) is 14.0. The zero-order valence-electron chi connectivity index (χ0n) is 21.3. The van der Waals surface area contributed by atoms with Gasteiger partial charge in [-0.05, 0) is 68.2 Å². The van der Waals surface area contributed by atoms with Crippen LogP contribution in [0.3, 0.4) is 0 Å². The molecular weight excluding hydrogens is 396 g/mol. The van der Waals surface area contributed by atoms with Crippen LogP contribution in [0.1, 0.15) is 82.1 Å². The number of hydrogen-bond donors (Lipinski definition) is 2. The SMILES string of the molecule is CC(C)N[C@H]1CCN(C(=O)OC(C)(C)C)[C@H]1C.C[C@H]1[C@@H](N)CCN1C(=O)OC(C)(C)C. The third-order valence-electron chi connectivity index (χ3n) is 5.37.